The molecule has 5 heteroatoms. The van der Waals surface area contributed by atoms with Crippen LogP contribution in [-0.4, -0.2) is 11.1 Å². The molecule has 0 spiro atoms. The Labute approximate surface area is 85.5 Å². The molecule has 0 unspecified atom stereocenters. The van der Waals surface area contributed by atoms with E-state index in [4.69, 9.17) is 19.5 Å². The van der Waals surface area contributed by atoms with E-state index >= 15 is 0 Å². The molecule has 1 aromatic rings. The predicted octanol–water partition coefficient (Wildman–Crippen LogP) is 1.71. The maximum absolute atomic E-state index is 10.4. The molecule has 0 aliphatic rings. The second-order valence-electron chi connectivity index (χ2n) is 2.38. The molecule has 0 aliphatic heterocycles. The number of allylic oxidation sites excluding steroid dienone is 2. The van der Waals surface area contributed by atoms with Gasteiger partial charge in [-0.15, -0.1) is 0 Å². The number of ether oxygens (including phenoxy) is 1. The third-order valence-electron chi connectivity index (χ3n) is 1.37. The minimum atomic E-state index is -1.28. The SMILES string of the molecule is N#CC(=CC=COc1ccco1)C(=O)O. The predicted molar refractivity (Wildman–Crippen MR) is 49.8 cm³/mol. The zero-order valence-corrected chi connectivity index (χ0v) is 7.58. The fourth-order valence-electron chi connectivity index (χ4n) is 0.729. The van der Waals surface area contributed by atoms with Crippen molar-refractivity contribution in [1.82, 2.24) is 0 Å². The molecule has 0 radical (unpaired) electrons. The first-order valence-corrected chi connectivity index (χ1v) is 3.94. The normalized spacial score (nSPS) is 11.3. The van der Waals surface area contributed by atoms with E-state index in [-0.39, 0.29) is 11.5 Å². The van der Waals surface area contributed by atoms with E-state index in [1.165, 1.54) is 24.7 Å². The van der Waals surface area contributed by atoms with Crippen molar-refractivity contribution in [2.24, 2.45) is 0 Å². The highest BCUT2D eigenvalue weighted by molar-refractivity contribution is 5.91. The van der Waals surface area contributed by atoms with Crippen molar-refractivity contribution >= 4 is 5.97 Å². The van der Waals surface area contributed by atoms with Crippen LogP contribution in [0.2, 0.25) is 0 Å². The second-order valence-corrected chi connectivity index (χ2v) is 2.38. The third kappa shape index (κ3) is 3.40. The molecule has 1 aromatic heterocycles. The summed E-state index contributed by atoms with van der Waals surface area (Å²) in [6.45, 7) is 0. The highest BCUT2D eigenvalue weighted by Gasteiger charge is 2.02. The molecule has 0 bridgehead atoms. The van der Waals surface area contributed by atoms with Crippen LogP contribution in [0.5, 0.6) is 5.95 Å². The number of hydrogen-bond acceptors (Lipinski definition) is 4. The van der Waals surface area contributed by atoms with Gasteiger partial charge in [0.15, 0.2) is 0 Å². The number of furan rings is 1. The van der Waals surface area contributed by atoms with Gasteiger partial charge in [-0.1, -0.05) is 0 Å². The first kappa shape index (κ1) is 10.6. The van der Waals surface area contributed by atoms with Gasteiger partial charge in [0.25, 0.3) is 5.95 Å². The van der Waals surface area contributed by atoms with Crippen LogP contribution in [0, 0.1) is 11.3 Å². The van der Waals surface area contributed by atoms with Gasteiger partial charge in [0, 0.05) is 6.07 Å². The van der Waals surface area contributed by atoms with Gasteiger partial charge in [0.1, 0.15) is 11.6 Å². The van der Waals surface area contributed by atoms with Crippen LogP contribution in [0.15, 0.2) is 46.8 Å². The number of carboxylic acid groups (broad SMARTS) is 1. The van der Waals surface area contributed by atoms with E-state index in [2.05, 4.69) is 0 Å². The highest BCUT2D eigenvalue weighted by Crippen LogP contribution is 2.09. The van der Waals surface area contributed by atoms with Crippen LogP contribution in [0.3, 0.4) is 0 Å². The van der Waals surface area contributed by atoms with Gasteiger partial charge in [-0.2, -0.15) is 5.26 Å². The molecular formula is C10H7NO4. The average molecular weight is 205 g/mol. The molecule has 0 aliphatic carbocycles. The smallest absolute Gasteiger partial charge is 0.346 e. The minimum absolute atomic E-state index is 0.286. The molecule has 0 saturated carbocycles. The van der Waals surface area contributed by atoms with Gasteiger partial charge in [0.2, 0.25) is 0 Å². The number of hydrogen-bond donors (Lipinski definition) is 1. The fourth-order valence-corrected chi connectivity index (χ4v) is 0.729. The number of carboxylic acids is 1. The van der Waals surface area contributed by atoms with Crippen LogP contribution < -0.4 is 4.74 Å². The summed E-state index contributed by atoms with van der Waals surface area (Å²) in [4.78, 5) is 10.4. The Morgan fingerprint density at radius 3 is 3.00 bits per heavy atom. The zero-order chi connectivity index (χ0) is 11.1. The third-order valence-corrected chi connectivity index (χ3v) is 1.37. The van der Waals surface area contributed by atoms with Crippen LogP contribution in [-0.2, 0) is 4.79 Å². The van der Waals surface area contributed by atoms with Crippen LogP contribution in [0.1, 0.15) is 0 Å². The molecule has 0 atom stereocenters. The summed E-state index contributed by atoms with van der Waals surface area (Å²) in [5.74, 6) is -0.992. The molecular weight excluding hydrogens is 198 g/mol. The Kier molecular flexibility index (Phi) is 3.74. The maximum Gasteiger partial charge on any atom is 0.346 e. The molecule has 76 valence electrons. The van der Waals surface area contributed by atoms with Crippen molar-refractivity contribution < 1.29 is 19.1 Å². The molecule has 0 fully saturated rings. The standard InChI is InChI=1S/C10H7NO4/c11-7-8(10(12)13)3-1-5-14-9-4-2-6-15-9/h1-6H,(H,12,13). The first-order chi connectivity index (χ1) is 7.24. The second kappa shape index (κ2) is 5.29. The number of nitriles is 1. The Hall–Kier alpha value is -2.48. The first-order valence-electron chi connectivity index (χ1n) is 3.94. The Morgan fingerprint density at radius 2 is 2.47 bits per heavy atom. The maximum atomic E-state index is 10.4. The summed E-state index contributed by atoms with van der Waals surface area (Å²) in [6.07, 6.45) is 5.09. The summed E-state index contributed by atoms with van der Waals surface area (Å²) in [7, 11) is 0. The van der Waals surface area contributed by atoms with Crippen molar-refractivity contribution in [3.63, 3.8) is 0 Å². The van der Waals surface area contributed by atoms with Crippen molar-refractivity contribution in [3.05, 3.63) is 42.4 Å². The molecule has 1 heterocycles. The Balaban J connectivity index is 2.53. The van der Waals surface area contributed by atoms with E-state index in [0.29, 0.717) is 0 Å². The van der Waals surface area contributed by atoms with Crippen molar-refractivity contribution in [1.29, 1.82) is 5.26 Å². The fraction of sp³-hybridized carbons (Fsp3) is 0. The van der Waals surface area contributed by atoms with E-state index in [1.807, 2.05) is 0 Å². The summed E-state index contributed by atoms with van der Waals surface area (Å²) in [5, 5.41) is 16.9. The van der Waals surface area contributed by atoms with Gasteiger partial charge >= 0.3 is 5.97 Å². The molecule has 0 saturated heterocycles. The topological polar surface area (TPSA) is 83.5 Å². The lowest BCUT2D eigenvalue weighted by Crippen LogP contribution is -1.96. The zero-order valence-electron chi connectivity index (χ0n) is 7.58. The van der Waals surface area contributed by atoms with E-state index < -0.39 is 5.97 Å². The van der Waals surface area contributed by atoms with Crippen molar-refractivity contribution in [2.45, 2.75) is 0 Å². The lowest BCUT2D eigenvalue weighted by Gasteiger charge is -1.90. The summed E-state index contributed by atoms with van der Waals surface area (Å²) < 4.78 is 9.77. The van der Waals surface area contributed by atoms with Crippen LogP contribution >= 0.6 is 0 Å². The highest BCUT2D eigenvalue weighted by atomic mass is 16.6. The van der Waals surface area contributed by atoms with Crippen molar-refractivity contribution in [3.8, 4) is 12.0 Å². The van der Waals surface area contributed by atoms with E-state index in [9.17, 15) is 4.79 Å². The van der Waals surface area contributed by atoms with Gasteiger partial charge in [-0.3, -0.25) is 0 Å². The molecule has 1 rings (SSSR count). The lowest BCUT2D eigenvalue weighted by molar-refractivity contribution is -0.132. The summed E-state index contributed by atoms with van der Waals surface area (Å²) in [5.41, 5.74) is -0.366. The minimum Gasteiger partial charge on any atom is -0.477 e. The van der Waals surface area contributed by atoms with Crippen molar-refractivity contribution in [2.75, 3.05) is 0 Å². The summed E-state index contributed by atoms with van der Waals surface area (Å²) >= 11 is 0. The number of rotatable bonds is 4. The quantitative estimate of drug-likeness (QED) is 0.350. The van der Waals surface area contributed by atoms with Crippen LogP contribution in [0.25, 0.3) is 0 Å². The monoisotopic (exact) mass is 205 g/mol. The molecule has 0 amide bonds. The number of nitrogens with zero attached hydrogens (tertiary/aromatic N) is 1. The van der Waals surface area contributed by atoms with E-state index in [1.54, 1.807) is 12.1 Å². The van der Waals surface area contributed by atoms with Gasteiger partial charge in [-0.05, 0) is 18.2 Å². The van der Waals surface area contributed by atoms with Gasteiger partial charge < -0.3 is 14.3 Å². The molecule has 1 N–H and O–H groups in total. The Bertz CT molecular complexity index is 423. The number of aliphatic carboxylic acids is 1. The largest absolute Gasteiger partial charge is 0.477 e. The molecule has 5 nitrogen and oxygen atoms in total. The van der Waals surface area contributed by atoms with Crippen LogP contribution in [0.4, 0.5) is 0 Å². The molecule has 0 aromatic carbocycles. The molecule has 15 heavy (non-hydrogen) atoms. The van der Waals surface area contributed by atoms with Gasteiger partial charge in [-0.25, -0.2) is 4.79 Å². The Morgan fingerprint density at radius 1 is 1.67 bits per heavy atom. The van der Waals surface area contributed by atoms with Gasteiger partial charge in [0.05, 0.1) is 12.5 Å². The summed E-state index contributed by atoms with van der Waals surface area (Å²) in [6, 6.07) is 4.77. The number of carbonyl (C=O) groups is 1. The lowest BCUT2D eigenvalue weighted by atomic mass is 10.3. The van der Waals surface area contributed by atoms with E-state index in [0.717, 1.165) is 6.08 Å². The average Bonchev–Trinajstić information content (AvgIpc) is 2.70.